The first kappa shape index (κ1) is 14.6. The minimum absolute atomic E-state index is 0.0272. The lowest BCUT2D eigenvalue weighted by Gasteiger charge is -2.32. The summed E-state index contributed by atoms with van der Waals surface area (Å²) in [4.78, 5) is 34.8. The molecule has 2 atom stereocenters. The van der Waals surface area contributed by atoms with E-state index in [1.807, 2.05) is 31.2 Å². The number of rotatable bonds is 2. The van der Waals surface area contributed by atoms with Crippen molar-refractivity contribution in [1.29, 1.82) is 0 Å². The largest absolute Gasteiger partial charge is 0.356 e. The molecule has 1 saturated heterocycles. The summed E-state index contributed by atoms with van der Waals surface area (Å²) in [5, 5.41) is 5.89. The van der Waals surface area contributed by atoms with Crippen LogP contribution in [0.2, 0.25) is 0 Å². The molecule has 2 aliphatic heterocycles. The summed E-state index contributed by atoms with van der Waals surface area (Å²) in [6.07, 6.45) is 3.61. The fourth-order valence-electron chi connectivity index (χ4n) is 3.27. The predicted octanol–water partition coefficient (Wildman–Crippen LogP) is 1.11. The maximum Gasteiger partial charge on any atom is 0.271 e. The predicted molar refractivity (Wildman–Crippen MR) is 88.8 cm³/mol. The van der Waals surface area contributed by atoms with Crippen molar-refractivity contribution in [2.45, 2.75) is 25.4 Å². The first-order valence-electron chi connectivity index (χ1n) is 7.88. The Kier molecular flexibility index (Phi) is 3.41. The number of benzene rings is 1. The van der Waals surface area contributed by atoms with Crippen LogP contribution in [-0.4, -0.2) is 40.4 Å². The molecule has 0 radical (unpaired) electrons. The third-order valence-corrected chi connectivity index (χ3v) is 4.42. The quantitative estimate of drug-likeness (QED) is 0.864. The minimum atomic E-state index is -0.263. The highest BCUT2D eigenvalue weighted by atomic mass is 16.2. The Bertz CT molecular complexity index is 805. The van der Waals surface area contributed by atoms with E-state index in [2.05, 4.69) is 25.5 Å². The van der Waals surface area contributed by atoms with Crippen LogP contribution in [0.1, 0.15) is 22.6 Å². The molecule has 0 bridgehead atoms. The van der Waals surface area contributed by atoms with Crippen molar-refractivity contribution in [3.63, 3.8) is 0 Å². The Labute approximate surface area is 139 Å². The van der Waals surface area contributed by atoms with E-state index >= 15 is 0 Å². The van der Waals surface area contributed by atoms with Gasteiger partial charge in [0.15, 0.2) is 0 Å². The molecule has 2 amide bonds. The van der Waals surface area contributed by atoms with Crippen LogP contribution < -0.4 is 15.5 Å². The van der Waals surface area contributed by atoms with Gasteiger partial charge in [0.1, 0.15) is 11.7 Å². The van der Waals surface area contributed by atoms with Crippen LogP contribution in [0.25, 0.3) is 0 Å². The van der Waals surface area contributed by atoms with Gasteiger partial charge in [-0.2, -0.15) is 0 Å². The van der Waals surface area contributed by atoms with E-state index in [0.29, 0.717) is 13.0 Å². The molecule has 4 rings (SSSR count). The molecule has 0 aliphatic carbocycles. The maximum absolute atomic E-state index is 12.3. The number of hydrogen-bond donors (Lipinski definition) is 2. The van der Waals surface area contributed by atoms with Crippen LogP contribution in [0.3, 0.4) is 0 Å². The van der Waals surface area contributed by atoms with Gasteiger partial charge in [0.25, 0.3) is 5.91 Å². The SMILES string of the molecule is Cc1cnc(C(=O)NC2CC3C(=O)Nc4ccccc4N3C2)cn1. The summed E-state index contributed by atoms with van der Waals surface area (Å²) in [5.74, 6) is -0.290. The fraction of sp³-hybridized carbons (Fsp3) is 0.294. The van der Waals surface area contributed by atoms with Crippen molar-refractivity contribution in [3.8, 4) is 0 Å². The number of aromatic nitrogens is 2. The van der Waals surface area contributed by atoms with Gasteiger partial charge in [-0.05, 0) is 25.5 Å². The Balaban J connectivity index is 1.51. The van der Waals surface area contributed by atoms with Crippen LogP contribution in [0.4, 0.5) is 11.4 Å². The van der Waals surface area contributed by atoms with E-state index in [-0.39, 0.29) is 29.6 Å². The summed E-state index contributed by atoms with van der Waals surface area (Å²) in [5.41, 5.74) is 2.86. The molecule has 2 aromatic rings. The zero-order valence-corrected chi connectivity index (χ0v) is 13.2. The van der Waals surface area contributed by atoms with E-state index in [4.69, 9.17) is 0 Å². The third kappa shape index (κ3) is 2.47. The molecule has 7 nitrogen and oxygen atoms in total. The van der Waals surface area contributed by atoms with Gasteiger partial charge in [-0.3, -0.25) is 14.6 Å². The van der Waals surface area contributed by atoms with Gasteiger partial charge in [0.2, 0.25) is 5.91 Å². The van der Waals surface area contributed by atoms with Gasteiger partial charge in [0, 0.05) is 18.8 Å². The standard InChI is InChI=1S/C17H17N5O2/c1-10-7-19-13(8-18-10)16(23)20-11-6-15-17(24)21-12-4-2-3-5-14(12)22(15)9-11/h2-5,7-8,11,15H,6,9H2,1H3,(H,20,23)(H,21,24). The molecule has 1 aromatic carbocycles. The monoisotopic (exact) mass is 323 g/mol. The van der Waals surface area contributed by atoms with Crippen molar-refractivity contribution in [2.75, 3.05) is 16.8 Å². The van der Waals surface area contributed by atoms with Crippen molar-refractivity contribution in [1.82, 2.24) is 15.3 Å². The van der Waals surface area contributed by atoms with Crippen molar-refractivity contribution in [2.24, 2.45) is 0 Å². The number of anilines is 2. The van der Waals surface area contributed by atoms with Gasteiger partial charge < -0.3 is 15.5 Å². The van der Waals surface area contributed by atoms with E-state index in [0.717, 1.165) is 17.1 Å². The zero-order valence-electron chi connectivity index (χ0n) is 13.2. The third-order valence-electron chi connectivity index (χ3n) is 4.42. The smallest absolute Gasteiger partial charge is 0.271 e. The topological polar surface area (TPSA) is 87.2 Å². The second-order valence-electron chi connectivity index (χ2n) is 6.12. The number of aryl methyl sites for hydroxylation is 1. The summed E-state index contributed by atoms with van der Waals surface area (Å²) in [6, 6.07) is 7.34. The molecule has 2 N–H and O–H groups in total. The fourth-order valence-corrected chi connectivity index (χ4v) is 3.27. The van der Waals surface area contributed by atoms with Crippen LogP contribution in [0, 0.1) is 6.92 Å². The van der Waals surface area contributed by atoms with Gasteiger partial charge >= 0.3 is 0 Å². The average molecular weight is 323 g/mol. The van der Waals surface area contributed by atoms with Gasteiger partial charge in [0.05, 0.1) is 23.3 Å². The number of amides is 2. The number of nitrogens with one attached hydrogen (secondary N) is 2. The first-order valence-corrected chi connectivity index (χ1v) is 7.88. The lowest BCUT2D eigenvalue weighted by Crippen LogP contribution is -2.44. The highest BCUT2D eigenvalue weighted by molar-refractivity contribution is 6.04. The van der Waals surface area contributed by atoms with Crippen molar-refractivity contribution >= 4 is 23.2 Å². The first-order chi connectivity index (χ1) is 11.6. The molecule has 1 aromatic heterocycles. The molecule has 7 heteroatoms. The molecular weight excluding hydrogens is 306 g/mol. The molecule has 2 unspecified atom stereocenters. The Morgan fingerprint density at radius 3 is 2.92 bits per heavy atom. The van der Waals surface area contributed by atoms with E-state index in [1.54, 1.807) is 6.20 Å². The molecule has 0 spiro atoms. The van der Waals surface area contributed by atoms with Crippen LogP contribution >= 0.6 is 0 Å². The highest BCUT2D eigenvalue weighted by Gasteiger charge is 2.41. The van der Waals surface area contributed by atoms with Gasteiger partial charge in [-0.1, -0.05) is 12.1 Å². The molecule has 2 aliphatic rings. The molecule has 0 saturated carbocycles. The Morgan fingerprint density at radius 1 is 1.29 bits per heavy atom. The highest BCUT2D eigenvalue weighted by Crippen LogP contribution is 2.36. The lowest BCUT2D eigenvalue weighted by atomic mass is 10.1. The minimum Gasteiger partial charge on any atom is -0.356 e. The molecule has 3 heterocycles. The Morgan fingerprint density at radius 2 is 2.12 bits per heavy atom. The van der Waals surface area contributed by atoms with Crippen molar-refractivity contribution in [3.05, 3.63) is 48.0 Å². The lowest BCUT2D eigenvalue weighted by molar-refractivity contribution is -0.117. The summed E-state index contributed by atoms with van der Waals surface area (Å²) in [6.45, 7) is 2.42. The van der Waals surface area contributed by atoms with Crippen LogP contribution in [-0.2, 0) is 4.79 Å². The summed E-state index contributed by atoms with van der Waals surface area (Å²) < 4.78 is 0. The number of hydrogen-bond acceptors (Lipinski definition) is 5. The molecular formula is C17H17N5O2. The number of carbonyl (C=O) groups excluding carboxylic acids is 2. The van der Waals surface area contributed by atoms with E-state index in [9.17, 15) is 9.59 Å². The van der Waals surface area contributed by atoms with Gasteiger partial charge in [-0.15, -0.1) is 0 Å². The number of fused-ring (bicyclic) bond motifs is 3. The molecule has 122 valence electrons. The summed E-state index contributed by atoms with van der Waals surface area (Å²) >= 11 is 0. The number of para-hydroxylation sites is 2. The van der Waals surface area contributed by atoms with E-state index < -0.39 is 0 Å². The molecule has 1 fully saturated rings. The maximum atomic E-state index is 12.3. The summed E-state index contributed by atoms with van der Waals surface area (Å²) in [7, 11) is 0. The number of nitrogens with zero attached hydrogens (tertiary/aromatic N) is 3. The average Bonchev–Trinajstić information content (AvgIpc) is 3.00. The van der Waals surface area contributed by atoms with Crippen molar-refractivity contribution < 1.29 is 9.59 Å². The normalized spacial score (nSPS) is 21.7. The van der Waals surface area contributed by atoms with Crippen LogP contribution in [0.5, 0.6) is 0 Å². The Hall–Kier alpha value is -2.96. The molecule has 24 heavy (non-hydrogen) atoms. The van der Waals surface area contributed by atoms with Crippen LogP contribution in [0.15, 0.2) is 36.7 Å². The zero-order chi connectivity index (χ0) is 16.7. The second-order valence-corrected chi connectivity index (χ2v) is 6.12. The van der Waals surface area contributed by atoms with E-state index in [1.165, 1.54) is 6.20 Å². The number of carbonyl (C=O) groups is 2. The van der Waals surface area contributed by atoms with Gasteiger partial charge in [-0.25, -0.2) is 4.98 Å². The second kappa shape index (κ2) is 5.59.